The Morgan fingerprint density at radius 1 is 0.950 bits per heavy atom. The molecule has 0 radical (unpaired) electrons. The fourth-order valence-electron chi connectivity index (χ4n) is 2.75. The number of fused-ring (bicyclic) bond motifs is 1. The summed E-state index contributed by atoms with van der Waals surface area (Å²) in [5.74, 6) is 0.158. The van der Waals surface area contributed by atoms with Gasteiger partial charge in [0.05, 0.1) is 0 Å². The van der Waals surface area contributed by atoms with Gasteiger partial charge in [0.25, 0.3) is 5.91 Å². The molecule has 0 bridgehead atoms. The van der Waals surface area contributed by atoms with Crippen molar-refractivity contribution in [2.75, 3.05) is 33.2 Å². The van der Waals surface area contributed by atoms with Crippen molar-refractivity contribution in [2.45, 2.75) is 6.42 Å². The van der Waals surface area contributed by atoms with Crippen molar-refractivity contribution < 1.29 is 4.79 Å². The second-order valence-electron chi connectivity index (χ2n) is 5.51. The van der Waals surface area contributed by atoms with Gasteiger partial charge < -0.3 is 9.80 Å². The van der Waals surface area contributed by atoms with E-state index in [-0.39, 0.29) is 5.91 Å². The zero-order valence-corrected chi connectivity index (χ0v) is 11.9. The first kappa shape index (κ1) is 13.1. The lowest BCUT2D eigenvalue weighted by atomic mass is 10.1. The smallest absolute Gasteiger partial charge is 0.253 e. The summed E-state index contributed by atoms with van der Waals surface area (Å²) in [6.45, 7) is 3.71. The van der Waals surface area contributed by atoms with Crippen LogP contribution in [0.15, 0.2) is 42.5 Å². The van der Waals surface area contributed by atoms with Gasteiger partial charge in [0.1, 0.15) is 0 Å². The number of likely N-dealkylation sites (N-methyl/N-ethyl adjacent to an activating group) is 1. The predicted octanol–water partition coefficient (Wildman–Crippen LogP) is 2.62. The van der Waals surface area contributed by atoms with Gasteiger partial charge in [0.2, 0.25) is 0 Å². The van der Waals surface area contributed by atoms with Crippen molar-refractivity contribution in [3.05, 3.63) is 48.0 Å². The van der Waals surface area contributed by atoms with Gasteiger partial charge in [-0.15, -0.1) is 0 Å². The van der Waals surface area contributed by atoms with Crippen LogP contribution in [0.1, 0.15) is 16.8 Å². The average Bonchev–Trinajstić information content (AvgIpc) is 2.71. The molecular weight excluding hydrogens is 248 g/mol. The van der Waals surface area contributed by atoms with E-state index in [1.165, 1.54) is 5.39 Å². The molecule has 3 heteroatoms. The zero-order chi connectivity index (χ0) is 13.9. The van der Waals surface area contributed by atoms with Crippen LogP contribution in [0.4, 0.5) is 0 Å². The summed E-state index contributed by atoms with van der Waals surface area (Å²) in [5.41, 5.74) is 0.799. The van der Waals surface area contributed by atoms with Crippen molar-refractivity contribution >= 4 is 16.7 Å². The first-order valence-electron chi connectivity index (χ1n) is 7.21. The first-order valence-corrected chi connectivity index (χ1v) is 7.21. The van der Waals surface area contributed by atoms with Crippen molar-refractivity contribution in [2.24, 2.45) is 0 Å². The molecule has 2 aromatic carbocycles. The SMILES string of the molecule is CN1CCCN(C(=O)c2ccc3ccccc3c2)CC1. The Morgan fingerprint density at radius 2 is 1.75 bits per heavy atom. The molecule has 0 atom stereocenters. The Hall–Kier alpha value is -1.87. The summed E-state index contributed by atoms with van der Waals surface area (Å²) in [4.78, 5) is 16.9. The quantitative estimate of drug-likeness (QED) is 0.794. The number of carbonyl (C=O) groups excluding carboxylic acids is 1. The number of carbonyl (C=O) groups is 1. The van der Waals surface area contributed by atoms with Crippen LogP contribution in [0.3, 0.4) is 0 Å². The van der Waals surface area contributed by atoms with E-state index in [2.05, 4.69) is 24.1 Å². The summed E-state index contributed by atoms with van der Waals surface area (Å²) in [6.07, 6.45) is 1.05. The molecule has 0 unspecified atom stereocenters. The minimum absolute atomic E-state index is 0.158. The second kappa shape index (κ2) is 5.63. The van der Waals surface area contributed by atoms with Gasteiger partial charge in [0, 0.05) is 25.2 Å². The van der Waals surface area contributed by atoms with Gasteiger partial charge in [-0.2, -0.15) is 0 Å². The van der Waals surface area contributed by atoms with Crippen LogP contribution in [0.5, 0.6) is 0 Å². The van der Waals surface area contributed by atoms with E-state index >= 15 is 0 Å². The highest BCUT2D eigenvalue weighted by Gasteiger charge is 2.18. The van der Waals surface area contributed by atoms with E-state index in [0.29, 0.717) is 0 Å². The van der Waals surface area contributed by atoms with Crippen LogP contribution in [-0.2, 0) is 0 Å². The summed E-state index contributed by atoms with van der Waals surface area (Å²) >= 11 is 0. The molecule has 0 spiro atoms. The molecular formula is C17H20N2O. The summed E-state index contributed by atoms with van der Waals surface area (Å²) in [6, 6.07) is 14.1. The van der Waals surface area contributed by atoms with E-state index in [1.807, 2.05) is 35.2 Å². The highest BCUT2D eigenvalue weighted by Crippen LogP contribution is 2.17. The van der Waals surface area contributed by atoms with Crippen molar-refractivity contribution in [1.29, 1.82) is 0 Å². The third-order valence-corrected chi connectivity index (χ3v) is 4.00. The third kappa shape index (κ3) is 2.68. The maximum absolute atomic E-state index is 12.6. The standard InChI is InChI=1S/C17H20N2O/c1-18-9-4-10-19(12-11-18)17(20)16-8-7-14-5-2-3-6-15(14)13-16/h2-3,5-8,13H,4,9-12H2,1H3. The summed E-state index contributed by atoms with van der Waals surface area (Å²) in [5, 5.41) is 2.31. The zero-order valence-electron chi connectivity index (χ0n) is 11.9. The molecule has 1 fully saturated rings. The van der Waals surface area contributed by atoms with Crippen LogP contribution in [0.2, 0.25) is 0 Å². The Balaban J connectivity index is 1.84. The third-order valence-electron chi connectivity index (χ3n) is 4.00. The minimum atomic E-state index is 0.158. The van der Waals surface area contributed by atoms with Gasteiger partial charge in [-0.3, -0.25) is 4.79 Å². The molecule has 20 heavy (non-hydrogen) atoms. The molecule has 3 rings (SSSR count). The number of rotatable bonds is 1. The molecule has 104 valence electrons. The molecule has 1 saturated heterocycles. The van der Waals surface area contributed by atoms with Gasteiger partial charge >= 0.3 is 0 Å². The van der Waals surface area contributed by atoms with Crippen LogP contribution in [0, 0.1) is 0 Å². The minimum Gasteiger partial charge on any atom is -0.337 e. The lowest BCUT2D eigenvalue weighted by Crippen LogP contribution is -2.34. The van der Waals surface area contributed by atoms with E-state index in [4.69, 9.17) is 0 Å². The number of hydrogen-bond donors (Lipinski definition) is 0. The monoisotopic (exact) mass is 268 g/mol. The lowest BCUT2D eigenvalue weighted by Gasteiger charge is -2.20. The molecule has 1 heterocycles. The van der Waals surface area contributed by atoms with E-state index in [0.717, 1.165) is 43.5 Å². The second-order valence-corrected chi connectivity index (χ2v) is 5.51. The van der Waals surface area contributed by atoms with E-state index < -0.39 is 0 Å². The topological polar surface area (TPSA) is 23.6 Å². The molecule has 1 aliphatic rings. The van der Waals surface area contributed by atoms with Crippen LogP contribution < -0.4 is 0 Å². The fraction of sp³-hybridized carbons (Fsp3) is 0.353. The Bertz CT molecular complexity index is 623. The molecule has 0 aromatic heterocycles. The predicted molar refractivity (Wildman–Crippen MR) is 82.0 cm³/mol. The number of hydrogen-bond acceptors (Lipinski definition) is 2. The number of benzene rings is 2. The van der Waals surface area contributed by atoms with Gasteiger partial charge in [-0.25, -0.2) is 0 Å². The first-order chi connectivity index (χ1) is 9.74. The highest BCUT2D eigenvalue weighted by molar-refractivity contribution is 5.98. The number of amides is 1. The van der Waals surface area contributed by atoms with Crippen LogP contribution in [0.25, 0.3) is 10.8 Å². The summed E-state index contributed by atoms with van der Waals surface area (Å²) in [7, 11) is 2.12. The summed E-state index contributed by atoms with van der Waals surface area (Å²) < 4.78 is 0. The van der Waals surface area contributed by atoms with Gasteiger partial charge in [0.15, 0.2) is 0 Å². The van der Waals surface area contributed by atoms with Crippen LogP contribution >= 0.6 is 0 Å². The average molecular weight is 268 g/mol. The Morgan fingerprint density at radius 3 is 2.60 bits per heavy atom. The molecule has 0 N–H and O–H groups in total. The maximum Gasteiger partial charge on any atom is 0.253 e. The molecule has 1 aliphatic heterocycles. The van der Waals surface area contributed by atoms with Crippen molar-refractivity contribution in [1.82, 2.24) is 9.80 Å². The fourth-order valence-corrected chi connectivity index (χ4v) is 2.75. The highest BCUT2D eigenvalue weighted by atomic mass is 16.2. The lowest BCUT2D eigenvalue weighted by molar-refractivity contribution is 0.0763. The molecule has 3 nitrogen and oxygen atoms in total. The van der Waals surface area contributed by atoms with Crippen molar-refractivity contribution in [3.8, 4) is 0 Å². The molecule has 0 saturated carbocycles. The molecule has 1 amide bonds. The molecule has 0 aliphatic carbocycles. The van der Waals surface area contributed by atoms with E-state index in [9.17, 15) is 4.79 Å². The van der Waals surface area contributed by atoms with Crippen molar-refractivity contribution in [3.63, 3.8) is 0 Å². The molecule has 2 aromatic rings. The van der Waals surface area contributed by atoms with Gasteiger partial charge in [-0.1, -0.05) is 30.3 Å². The normalized spacial score (nSPS) is 17.1. The van der Waals surface area contributed by atoms with Gasteiger partial charge in [-0.05, 0) is 42.9 Å². The Labute approximate surface area is 119 Å². The largest absolute Gasteiger partial charge is 0.337 e. The van der Waals surface area contributed by atoms with Crippen LogP contribution in [-0.4, -0.2) is 48.9 Å². The van der Waals surface area contributed by atoms with E-state index in [1.54, 1.807) is 0 Å². The number of nitrogens with zero attached hydrogens (tertiary/aromatic N) is 2. The Kier molecular flexibility index (Phi) is 3.70. The maximum atomic E-state index is 12.6.